The van der Waals surface area contributed by atoms with Gasteiger partial charge in [-0.2, -0.15) is 0 Å². The van der Waals surface area contributed by atoms with Gasteiger partial charge in [-0.05, 0) is 31.9 Å². The molecule has 1 aliphatic carbocycles. The standard InChI is InChI=1S/C17H20N2O3/c1-11(15(20)18-12-7-3-2-4-8-12)19-16(21)13-9-5-6-10-14(13)17(19)22/h5-6,9-12H,2-4,7-8H2,1H3,(H,18,20)/t11-/m0/s1. The van der Waals surface area contributed by atoms with E-state index < -0.39 is 6.04 Å². The van der Waals surface area contributed by atoms with Crippen molar-refractivity contribution in [2.24, 2.45) is 0 Å². The highest BCUT2D eigenvalue weighted by Crippen LogP contribution is 2.25. The Balaban J connectivity index is 1.72. The number of imide groups is 1. The molecule has 1 aliphatic heterocycles. The molecule has 1 saturated carbocycles. The highest BCUT2D eigenvalue weighted by atomic mass is 16.2. The minimum atomic E-state index is -0.783. The van der Waals surface area contributed by atoms with E-state index in [4.69, 9.17) is 0 Å². The second-order valence-electron chi connectivity index (χ2n) is 6.05. The fraction of sp³-hybridized carbons (Fsp3) is 0.471. The zero-order chi connectivity index (χ0) is 15.7. The molecule has 1 heterocycles. The van der Waals surface area contributed by atoms with Crippen LogP contribution in [0.1, 0.15) is 59.7 Å². The average molecular weight is 300 g/mol. The number of nitrogens with one attached hydrogen (secondary N) is 1. The van der Waals surface area contributed by atoms with Crippen LogP contribution in [0.5, 0.6) is 0 Å². The molecule has 5 nitrogen and oxygen atoms in total. The first-order valence-corrected chi connectivity index (χ1v) is 7.87. The summed E-state index contributed by atoms with van der Waals surface area (Å²) < 4.78 is 0. The van der Waals surface area contributed by atoms with Gasteiger partial charge in [-0.1, -0.05) is 31.4 Å². The van der Waals surface area contributed by atoms with Crippen LogP contribution in [0.15, 0.2) is 24.3 Å². The van der Waals surface area contributed by atoms with Gasteiger partial charge in [-0.15, -0.1) is 0 Å². The second-order valence-corrected chi connectivity index (χ2v) is 6.05. The minimum Gasteiger partial charge on any atom is -0.352 e. The van der Waals surface area contributed by atoms with Crippen molar-refractivity contribution in [3.63, 3.8) is 0 Å². The Hall–Kier alpha value is -2.17. The maximum absolute atomic E-state index is 12.4. The molecule has 0 saturated heterocycles. The van der Waals surface area contributed by atoms with Gasteiger partial charge in [0.2, 0.25) is 5.91 Å². The summed E-state index contributed by atoms with van der Waals surface area (Å²) in [5.74, 6) is -1.01. The van der Waals surface area contributed by atoms with Crippen LogP contribution in [0, 0.1) is 0 Å². The molecule has 1 fully saturated rings. The van der Waals surface area contributed by atoms with Gasteiger partial charge < -0.3 is 5.32 Å². The van der Waals surface area contributed by atoms with E-state index in [0.29, 0.717) is 11.1 Å². The lowest BCUT2D eigenvalue weighted by Gasteiger charge is -2.27. The third-order valence-corrected chi connectivity index (χ3v) is 4.54. The van der Waals surface area contributed by atoms with Crippen LogP contribution >= 0.6 is 0 Å². The van der Waals surface area contributed by atoms with E-state index in [1.165, 1.54) is 6.42 Å². The van der Waals surface area contributed by atoms with Crippen molar-refractivity contribution in [3.8, 4) is 0 Å². The molecule has 1 atom stereocenters. The molecule has 1 N–H and O–H groups in total. The van der Waals surface area contributed by atoms with E-state index in [0.717, 1.165) is 30.6 Å². The van der Waals surface area contributed by atoms with Crippen LogP contribution in [0.4, 0.5) is 0 Å². The number of hydrogen-bond donors (Lipinski definition) is 1. The number of nitrogens with zero attached hydrogens (tertiary/aromatic N) is 1. The second kappa shape index (κ2) is 5.91. The Morgan fingerprint density at radius 1 is 1.09 bits per heavy atom. The monoisotopic (exact) mass is 300 g/mol. The summed E-state index contributed by atoms with van der Waals surface area (Å²) in [4.78, 5) is 38.2. The van der Waals surface area contributed by atoms with E-state index >= 15 is 0 Å². The SMILES string of the molecule is C[C@@H](C(=O)NC1CCCCC1)N1C(=O)c2ccccc2C1=O. The van der Waals surface area contributed by atoms with Crippen molar-refractivity contribution < 1.29 is 14.4 Å². The van der Waals surface area contributed by atoms with E-state index in [9.17, 15) is 14.4 Å². The highest BCUT2D eigenvalue weighted by Gasteiger charge is 2.40. The fourth-order valence-electron chi connectivity index (χ4n) is 3.25. The Labute approximate surface area is 129 Å². The zero-order valence-corrected chi connectivity index (χ0v) is 12.7. The lowest BCUT2D eigenvalue weighted by Crippen LogP contribution is -2.50. The first-order chi connectivity index (χ1) is 10.6. The predicted octanol–water partition coefficient (Wildman–Crippen LogP) is 2.12. The van der Waals surface area contributed by atoms with E-state index in [2.05, 4.69) is 5.32 Å². The third-order valence-electron chi connectivity index (χ3n) is 4.54. The Morgan fingerprint density at radius 3 is 2.18 bits per heavy atom. The van der Waals surface area contributed by atoms with Gasteiger partial charge in [0.15, 0.2) is 0 Å². The minimum absolute atomic E-state index is 0.166. The summed E-state index contributed by atoms with van der Waals surface area (Å²) in [5, 5.41) is 2.98. The van der Waals surface area contributed by atoms with Gasteiger partial charge in [0, 0.05) is 6.04 Å². The number of carbonyl (C=O) groups excluding carboxylic acids is 3. The molecule has 0 radical (unpaired) electrons. The summed E-state index contributed by atoms with van der Waals surface area (Å²) in [6.45, 7) is 1.61. The van der Waals surface area contributed by atoms with Crippen molar-refractivity contribution in [3.05, 3.63) is 35.4 Å². The normalized spacial score (nSPS) is 20.0. The molecular weight excluding hydrogens is 280 g/mol. The third kappa shape index (κ3) is 2.51. The molecule has 0 aromatic heterocycles. The molecule has 3 rings (SSSR count). The topological polar surface area (TPSA) is 66.5 Å². The van der Waals surface area contributed by atoms with Gasteiger partial charge in [0.1, 0.15) is 6.04 Å². The van der Waals surface area contributed by atoms with Crippen molar-refractivity contribution >= 4 is 17.7 Å². The highest BCUT2D eigenvalue weighted by molar-refractivity contribution is 6.22. The van der Waals surface area contributed by atoms with Gasteiger partial charge in [0.25, 0.3) is 11.8 Å². The van der Waals surface area contributed by atoms with Crippen LogP contribution in [0.2, 0.25) is 0 Å². The average Bonchev–Trinajstić information content (AvgIpc) is 2.79. The molecular formula is C17H20N2O3. The maximum Gasteiger partial charge on any atom is 0.262 e. The molecule has 116 valence electrons. The number of amides is 3. The lowest BCUT2D eigenvalue weighted by molar-refractivity contribution is -0.125. The van der Waals surface area contributed by atoms with Crippen molar-refractivity contribution in [1.29, 1.82) is 0 Å². The van der Waals surface area contributed by atoms with Crippen LogP contribution < -0.4 is 5.32 Å². The number of benzene rings is 1. The van der Waals surface area contributed by atoms with Gasteiger partial charge in [-0.25, -0.2) is 0 Å². The van der Waals surface area contributed by atoms with Crippen molar-refractivity contribution in [2.75, 3.05) is 0 Å². The first kappa shape index (κ1) is 14.8. The fourth-order valence-corrected chi connectivity index (χ4v) is 3.25. The Bertz CT molecular complexity index is 585. The van der Waals surface area contributed by atoms with E-state index in [1.54, 1.807) is 31.2 Å². The van der Waals surface area contributed by atoms with Crippen LogP contribution in [0.25, 0.3) is 0 Å². The van der Waals surface area contributed by atoms with Crippen LogP contribution in [-0.2, 0) is 4.79 Å². The van der Waals surface area contributed by atoms with Crippen LogP contribution in [-0.4, -0.2) is 34.7 Å². The van der Waals surface area contributed by atoms with Crippen molar-refractivity contribution in [2.45, 2.75) is 51.1 Å². The number of rotatable bonds is 3. The molecule has 2 aliphatic rings. The number of fused-ring (bicyclic) bond motifs is 1. The molecule has 22 heavy (non-hydrogen) atoms. The predicted molar refractivity (Wildman–Crippen MR) is 81.4 cm³/mol. The molecule has 0 unspecified atom stereocenters. The Morgan fingerprint density at radius 2 is 1.64 bits per heavy atom. The summed E-state index contributed by atoms with van der Waals surface area (Å²) in [7, 11) is 0. The Kier molecular flexibility index (Phi) is 3.96. The first-order valence-electron chi connectivity index (χ1n) is 7.87. The van der Waals surface area contributed by atoms with Gasteiger partial charge >= 0.3 is 0 Å². The number of hydrogen-bond acceptors (Lipinski definition) is 3. The van der Waals surface area contributed by atoms with Gasteiger partial charge in [-0.3, -0.25) is 19.3 Å². The van der Waals surface area contributed by atoms with Crippen LogP contribution in [0.3, 0.4) is 0 Å². The zero-order valence-electron chi connectivity index (χ0n) is 12.7. The molecule has 1 aromatic rings. The molecule has 1 aromatic carbocycles. The lowest BCUT2D eigenvalue weighted by atomic mass is 9.95. The van der Waals surface area contributed by atoms with Gasteiger partial charge in [0.05, 0.1) is 11.1 Å². The molecule has 5 heteroatoms. The summed E-state index contributed by atoms with van der Waals surface area (Å²) >= 11 is 0. The molecule has 0 spiro atoms. The quantitative estimate of drug-likeness (QED) is 0.870. The largest absolute Gasteiger partial charge is 0.352 e. The summed E-state index contributed by atoms with van der Waals surface area (Å²) in [6, 6.07) is 6.08. The number of carbonyl (C=O) groups is 3. The maximum atomic E-state index is 12.4. The summed E-state index contributed by atoms with van der Waals surface area (Å²) in [5.41, 5.74) is 0.759. The van der Waals surface area contributed by atoms with E-state index in [1.807, 2.05) is 0 Å². The molecule has 3 amide bonds. The van der Waals surface area contributed by atoms with E-state index in [-0.39, 0.29) is 23.8 Å². The molecule has 0 bridgehead atoms. The summed E-state index contributed by atoms with van der Waals surface area (Å²) in [6.07, 6.45) is 5.39. The smallest absolute Gasteiger partial charge is 0.262 e. The van der Waals surface area contributed by atoms with Crippen molar-refractivity contribution in [1.82, 2.24) is 10.2 Å².